The number of rotatable bonds is 14. The van der Waals surface area contributed by atoms with E-state index in [0.29, 0.717) is 0 Å². The molecule has 124 valence electrons. The van der Waals surface area contributed by atoms with Gasteiger partial charge in [-0.25, -0.2) is 0 Å². The summed E-state index contributed by atoms with van der Waals surface area (Å²) >= 11 is 0. The van der Waals surface area contributed by atoms with Crippen LogP contribution in [0.2, 0.25) is 0 Å². The fourth-order valence-electron chi connectivity index (χ4n) is 2.05. The van der Waals surface area contributed by atoms with Gasteiger partial charge in [0.05, 0.1) is 0 Å². The van der Waals surface area contributed by atoms with Crippen molar-refractivity contribution in [1.29, 1.82) is 0 Å². The standard InChI is InChI=1S/C10H23N.C8H19N/c1-3-5-7-9-11-10-8-6-4-2;1-2-3-4-5-6-7-8-9/h11H,3-10H2,1-2H3;2-9H2,1H3. The second-order valence-electron chi connectivity index (χ2n) is 5.72. The Balaban J connectivity index is 0. The number of unbranched alkanes of at least 4 members (excludes halogenated alkanes) is 9. The predicted octanol–water partition coefficient (Wildman–Crippen LogP) is 5.26. The summed E-state index contributed by atoms with van der Waals surface area (Å²) in [6, 6.07) is 0. The van der Waals surface area contributed by atoms with Gasteiger partial charge in [-0.1, -0.05) is 78.6 Å². The molecule has 0 aliphatic rings. The van der Waals surface area contributed by atoms with Crippen molar-refractivity contribution in [2.24, 2.45) is 5.73 Å². The number of nitrogens with one attached hydrogen (secondary N) is 1. The molecule has 0 unspecified atom stereocenters. The molecule has 0 spiro atoms. The highest BCUT2D eigenvalue weighted by Gasteiger charge is 1.87. The van der Waals surface area contributed by atoms with Crippen LogP contribution in [-0.2, 0) is 0 Å². The Hall–Kier alpha value is -0.0800. The molecule has 3 N–H and O–H groups in total. The Kier molecular flexibility index (Phi) is 26.6. The minimum Gasteiger partial charge on any atom is -0.330 e. The Morgan fingerprint density at radius 2 is 0.950 bits per heavy atom. The lowest BCUT2D eigenvalue weighted by atomic mass is 10.1. The summed E-state index contributed by atoms with van der Waals surface area (Å²) in [6.07, 6.45) is 16.2. The van der Waals surface area contributed by atoms with Crippen molar-refractivity contribution in [2.75, 3.05) is 19.6 Å². The van der Waals surface area contributed by atoms with Crippen LogP contribution in [0.5, 0.6) is 0 Å². The maximum absolute atomic E-state index is 5.34. The van der Waals surface area contributed by atoms with Crippen LogP contribution in [-0.4, -0.2) is 19.6 Å². The molecule has 0 aromatic heterocycles. The van der Waals surface area contributed by atoms with Crippen LogP contribution in [0.4, 0.5) is 0 Å². The summed E-state index contributed by atoms with van der Waals surface area (Å²) in [5.41, 5.74) is 5.34. The van der Waals surface area contributed by atoms with Gasteiger partial charge in [0.15, 0.2) is 0 Å². The molecule has 0 aliphatic carbocycles. The van der Waals surface area contributed by atoms with Crippen molar-refractivity contribution in [1.82, 2.24) is 5.32 Å². The van der Waals surface area contributed by atoms with E-state index in [1.807, 2.05) is 0 Å². The fourth-order valence-corrected chi connectivity index (χ4v) is 2.05. The van der Waals surface area contributed by atoms with Crippen LogP contribution in [0.3, 0.4) is 0 Å². The highest BCUT2D eigenvalue weighted by molar-refractivity contribution is 4.48. The normalized spacial score (nSPS) is 10.2. The zero-order chi connectivity index (χ0) is 15.3. The van der Waals surface area contributed by atoms with Crippen LogP contribution in [0.15, 0.2) is 0 Å². The van der Waals surface area contributed by atoms with E-state index in [-0.39, 0.29) is 0 Å². The summed E-state index contributed by atoms with van der Waals surface area (Å²) in [6.45, 7) is 10.0. The first-order valence-corrected chi connectivity index (χ1v) is 9.24. The van der Waals surface area contributed by atoms with E-state index >= 15 is 0 Å². The monoisotopic (exact) mass is 286 g/mol. The van der Waals surface area contributed by atoms with Crippen molar-refractivity contribution in [2.45, 2.75) is 97.8 Å². The lowest BCUT2D eigenvalue weighted by molar-refractivity contribution is 0.583. The van der Waals surface area contributed by atoms with Crippen molar-refractivity contribution < 1.29 is 0 Å². The van der Waals surface area contributed by atoms with Gasteiger partial charge in [0, 0.05) is 0 Å². The smallest absolute Gasteiger partial charge is 0.00489 e. The molecule has 2 nitrogen and oxygen atoms in total. The van der Waals surface area contributed by atoms with Gasteiger partial charge < -0.3 is 11.1 Å². The van der Waals surface area contributed by atoms with Crippen molar-refractivity contribution in [3.05, 3.63) is 0 Å². The average Bonchev–Trinajstić information content (AvgIpc) is 2.47. The second-order valence-corrected chi connectivity index (χ2v) is 5.72. The van der Waals surface area contributed by atoms with E-state index in [9.17, 15) is 0 Å². The van der Waals surface area contributed by atoms with Gasteiger partial charge in [-0.3, -0.25) is 0 Å². The minimum absolute atomic E-state index is 0.867. The van der Waals surface area contributed by atoms with E-state index in [1.54, 1.807) is 0 Å². The van der Waals surface area contributed by atoms with Crippen molar-refractivity contribution in [3.8, 4) is 0 Å². The zero-order valence-corrected chi connectivity index (χ0v) is 14.7. The highest BCUT2D eigenvalue weighted by atomic mass is 14.8. The molecule has 0 radical (unpaired) electrons. The number of hydrogen-bond donors (Lipinski definition) is 2. The van der Waals surface area contributed by atoms with Gasteiger partial charge in [0.1, 0.15) is 0 Å². The van der Waals surface area contributed by atoms with Gasteiger partial charge in [0.2, 0.25) is 0 Å². The maximum Gasteiger partial charge on any atom is -0.00489 e. The molecule has 0 aromatic rings. The van der Waals surface area contributed by atoms with E-state index in [0.717, 1.165) is 6.54 Å². The van der Waals surface area contributed by atoms with E-state index < -0.39 is 0 Å². The predicted molar refractivity (Wildman–Crippen MR) is 94.4 cm³/mol. The molecular formula is C18H42N2. The van der Waals surface area contributed by atoms with Crippen LogP contribution in [0, 0.1) is 0 Å². The van der Waals surface area contributed by atoms with Gasteiger partial charge in [0.25, 0.3) is 0 Å². The second kappa shape index (κ2) is 24.0. The van der Waals surface area contributed by atoms with Gasteiger partial charge in [-0.15, -0.1) is 0 Å². The lowest BCUT2D eigenvalue weighted by Gasteiger charge is -2.02. The quantitative estimate of drug-likeness (QED) is 0.427. The third kappa shape index (κ3) is 26.5. The molecule has 0 saturated heterocycles. The number of nitrogens with two attached hydrogens (primary N) is 1. The summed E-state index contributed by atoms with van der Waals surface area (Å²) in [5, 5.41) is 3.46. The molecule has 0 atom stereocenters. The molecular weight excluding hydrogens is 244 g/mol. The van der Waals surface area contributed by atoms with Gasteiger partial charge >= 0.3 is 0 Å². The van der Waals surface area contributed by atoms with E-state index in [2.05, 4.69) is 26.1 Å². The van der Waals surface area contributed by atoms with Crippen LogP contribution < -0.4 is 11.1 Å². The molecule has 0 heterocycles. The molecule has 0 fully saturated rings. The largest absolute Gasteiger partial charge is 0.330 e. The van der Waals surface area contributed by atoms with Gasteiger partial charge in [-0.05, 0) is 38.9 Å². The summed E-state index contributed by atoms with van der Waals surface area (Å²) in [5.74, 6) is 0. The van der Waals surface area contributed by atoms with Crippen molar-refractivity contribution >= 4 is 0 Å². The molecule has 0 bridgehead atoms. The first-order chi connectivity index (χ1) is 9.83. The minimum atomic E-state index is 0.867. The van der Waals surface area contributed by atoms with Crippen LogP contribution in [0.25, 0.3) is 0 Å². The van der Waals surface area contributed by atoms with Crippen LogP contribution >= 0.6 is 0 Å². The summed E-state index contributed by atoms with van der Waals surface area (Å²) in [7, 11) is 0. The SMILES string of the molecule is CCCCCCCCN.CCCCCNCCCCC. The molecule has 0 aliphatic heterocycles. The van der Waals surface area contributed by atoms with Crippen LogP contribution in [0.1, 0.15) is 97.8 Å². The Bertz CT molecular complexity index is 123. The fraction of sp³-hybridized carbons (Fsp3) is 1.00. The molecule has 0 rings (SSSR count). The highest BCUT2D eigenvalue weighted by Crippen LogP contribution is 2.03. The summed E-state index contributed by atoms with van der Waals surface area (Å²) < 4.78 is 0. The molecule has 0 amide bonds. The lowest BCUT2D eigenvalue weighted by Crippen LogP contribution is -2.16. The zero-order valence-electron chi connectivity index (χ0n) is 14.7. The maximum atomic E-state index is 5.34. The topological polar surface area (TPSA) is 38.0 Å². The molecule has 20 heavy (non-hydrogen) atoms. The number of hydrogen-bond acceptors (Lipinski definition) is 2. The Morgan fingerprint density at radius 3 is 1.40 bits per heavy atom. The van der Waals surface area contributed by atoms with E-state index in [4.69, 9.17) is 5.73 Å². The van der Waals surface area contributed by atoms with Crippen molar-refractivity contribution in [3.63, 3.8) is 0 Å². The molecule has 0 saturated carbocycles. The Labute approximate surface area is 129 Å². The molecule has 0 aromatic carbocycles. The average molecular weight is 287 g/mol. The van der Waals surface area contributed by atoms with Gasteiger partial charge in [-0.2, -0.15) is 0 Å². The summed E-state index contributed by atoms with van der Waals surface area (Å²) in [4.78, 5) is 0. The third-order valence-corrected chi connectivity index (χ3v) is 3.47. The third-order valence-electron chi connectivity index (χ3n) is 3.47. The Morgan fingerprint density at radius 1 is 0.550 bits per heavy atom. The molecule has 2 heteroatoms. The first kappa shape index (κ1) is 22.2. The van der Waals surface area contributed by atoms with E-state index in [1.165, 1.54) is 90.1 Å². The first-order valence-electron chi connectivity index (χ1n) is 9.24.